The maximum atomic E-state index is 5.15. The second kappa shape index (κ2) is 1.87. The van der Waals surface area contributed by atoms with Gasteiger partial charge in [0.25, 0.3) is 0 Å². The van der Waals surface area contributed by atoms with Crippen molar-refractivity contribution >= 4 is 12.8 Å². The first-order chi connectivity index (χ1) is 4.31. The van der Waals surface area contributed by atoms with E-state index in [-0.39, 0.29) is 0 Å². The van der Waals surface area contributed by atoms with Crippen LogP contribution in [0.25, 0.3) is 0 Å². The van der Waals surface area contributed by atoms with E-state index in [1.165, 1.54) is 6.42 Å². The normalized spacial score (nSPS) is 33.0. The van der Waals surface area contributed by atoms with Crippen molar-refractivity contribution in [1.82, 2.24) is 4.31 Å². The average molecular weight is 145 g/mol. The molecule has 0 radical (unpaired) electrons. The summed E-state index contributed by atoms with van der Waals surface area (Å²) >= 11 is 4.27. The van der Waals surface area contributed by atoms with Crippen molar-refractivity contribution < 1.29 is 4.74 Å². The van der Waals surface area contributed by atoms with E-state index in [0.29, 0.717) is 5.41 Å². The topological polar surface area (TPSA) is 12.5 Å². The van der Waals surface area contributed by atoms with Gasteiger partial charge in [-0.25, -0.2) is 0 Å². The van der Waals surface area contributed by atoms with Crippen molar-refractivity contribution in [3.63, 3.8) is 0 Å². The summed E-state index contributed by atoms with van der Waals surface area (Å²) in [6.07, 6.45) is 1.27. The van der Waals surface area contributed by atoms with Crippen molar-refractivity contribution in [2.45, 2.75) is 6.42 Å². The zero-order valence-electron chi connectivity index (χ0n) is 5.34. The summed E-state index contributed by atoms with van der Waals surface area (Å²) < 4.78 is 7.23. The Balaban J connectivity index is 1.99. The van der Waals surface area contributed by atoms with E-state index in [4.69, 9.17) is 4.74 Å². The average Bonchev–Trinajstić information content (AvgIpc) is 2.09. The molecule has 0 aliphatic carbocycles. The molecule has 0 atom stereocenters. The lowest BCUT2D eigenvalue weighted by atomic mass is 9.86. The minimum absolute atomic E-state index is 0.516. The number of nitrogens with zero attached hydrogens (tertiary/aromatic N) is 1. The van der Waals surface area contributed by atoms with E-state index in [0.717, 1.165) is 26.3 Å². The molecule has 2 nitrogen and oxygen atoms in total. The molecule has 0 amide bonds. The lowest BCUT2D eigenvalue weighted by molar-refractivity contribution is -0.102. The van der Waals surface area contributed by atoms with Gasteiger partial charge in [-0.1, -0.05) is 12.8 Å². The van der Waals surface area contributed by atoms with Crippen LogP contribution in [0, 0.1) is 5.41 Å². The van der Waals surface area contributed by atoms with Gasteiger partial charge in [-0.3, -0.25) is 4.31 Å². The molecule has 2 saturated heterocycles. The van der Waals surface area contributed by atoms with Gasteiger partial charge in [0.2, 0.25) is 0 Å². The summed E-state index contributed by atoms with van der Waals surface area (Å²) in [6, 6.07) is 0. The van der Waals surface area contributed by atoms with Gasteiger partial charge in [0.15, 0.2) is 0 Å². The Labute approximate surface area is 60.7 Å². The van der Waals surface area contributed by atoms with Gasteiger partial charge >= 0.3 is 0 Å². The molecule has 0 aromatic heterocycles. The van der Waals surface area contributed by atoms with Gasteiger partial charge in [0, 0.05) is 18.5 Å². The second-order valence-electron chi connectivity index (χ2n) is 3.13. The third-order valence-corrected chi connectivity index (χ3v) is 2.58. The van der Waals surface area contributed by atoms with Crippen LogP contribution in [0.2, 0.25) is 0 Å². The maximum absolute atomic E-state index is 5.15. The highest BCUT2D eigenvalue weighted by molar-refractivity contribution is 7.77. The maximum Gasteiger partial charge on any atom is 0.0558 e. The van der Waals surface area contributed by atoms with Crippen LogP contribution in [0.4, 0.5) is 0 Å². The lowest BCUT2D eigenvalue weighted by Crippen LogP contribution is -2.43. The summed E-state index contributed by atoms with van der Waals surface area (Å²) in [7, 11) is 0. The predicted molar refractivity (Wildman–Crippen MR) is 38.4 cm³/mol. The molecule has 0 saturated carbocycles. The summed E-state index contributed by atoms with van der Waals surface area (Å²) in [5.74, 6) is 0. The van der Waals surface area contributed by atoms with Crippen molar-refractivity contribution in [1.29, 1.82) is 0 Å². The number of thiol groups is 1. The fourth-order valence-corrected chi connectivity index (χ4v) is 1.94. The fraction of sp³-hybridized carbons (Fsp3) is 1.00. The van der Waals surface area contributed by atoms with Crippen LogP contribution in [0.1, 0.15) is 6.42 Å². The minimum Gasteiger partial charge on any atom is -0.380 e. The molecule has 2 aliphatic heterocycles. The Kier molecular flexibility index (Phi) is 1.25. The fourth-order valence-electron chi connectivity index (χ4n) is 1.54. The summed E-state index contributed by atoms with van der Waals surface area (Å²) in [6.45, 7) is 4.18. The van der Waals surface area contributed by atoms with Crippen molar-refractivity contribution in [3.05, 3.63) is 0 Å². The predicted octanol–water partition coefficient (Wildman–Crippen LogP) is 0.554. The first-order valence-electron chi connectivity index (χ1n) is 3.32. The molecule has 3 heteroatoms. The van der Waals surface area contributed by atoms with Crippen LogP contribution < -0.4 is 0 Å². The number of rotatable bonds is 0. The first kappa shape index (κ1) is 6.01. The van der Waals surface area contributed by atoms with E-state index >= 15 is 0 Å². The molecule has 2 aliphatic rings. The highest BCUT2D eigenvalue weighted by Crippen LogP contribution is 2.37. The molecular weight excluding hydrogens is 134 g/mol. The zero-order chi connectivity index (χ0) is 6.32. The van der Waals surface area contributed by atoms with Crippen molar-refractivity contribution in [2.24, 2.45) is 5.41 Å². The molecule has 2 rings (SSSR count). The number of hydrogen-bond acceptors (Lipinski definition) is 3. The van der Waals surface area contributed by atoms with Crippen LogP contribution in [0.15, 0.2) is 0 Å². The van der Waals surface area contributed by atoms with Crippen LogP contribution in [0.5, 0.6) is 0 Å². The number of ether oxygens (including phenoxy) is 1. The molecule has 2 fully saturated rings. The largest absolute Gasteiger partial charge is 0.380 e. The third kappa shape index (κ3) is 0.876. The molecule has 0 aromatic carbocycles. The summed E-state index contributed by atoms with van der Waals surface area (Å²) in [5.41, 5.74) is 0.516. The molecule has 1 spiro atoms. The smallest absolute Gasteiger partial charge is 0.0558 e. The lowest BCUT2D eigenvalue weighted by Gasteiger charge is -2.37. The molecule has 2 heterocycles. The standard InChI is InChI=1S/C6H11NOS/c9-7-2-1-6(3-7)4-8-5-6/h9H,1-5H2. The Morgan fingerprint density at radius 2 is 2.22 bits per heavy atom. The Hall–Kier alpha value is 0.270. The quantitative estimate of drug-likeness (QED) is 0.500. The Morgan fingerprint density at radius 3 is 2.44 bits per heavy atom. The number of hydrogen-bond donors (Lipinski definition) is 1. The molecule has 52 valence electrons. The SMILES string of the molecule is SN1CCC2(COC2)C1. The highest BCUT2D eigenvalue weighted by atomic mass is 32.1. The molecule has 9 heavy (non-hydrogen) atoms. The first-order valence-corrected chi connectivity index (χ1v) is 3.72. The van der Waals surface area contributed by atoms with E-state index in [1.54, 1.807) is 0 Å². The summed E-state index contributed by atoms with van der Waals surface area (Å²) in [5, 5.41) is 0. The van der Waals surface area contributed by atoms with Crippen LogP contribution in [-0.4, -0.2) is 30.6 Å². The summed E-state index contributed by atoms with van der Waals surface area (Å²) in [4.78, 5) is 0. The van der Waals surface area contributed by atoms with Crippen LogP contribution in [0.3, 0.4) is 0 Å². The molecule has 0 N–H and O–H groups in total. The van der Waals surface area contributed by atoms with Gasteiger partial charge in [0.05, 0.1) is 13.2 Å². The minimum atomic E-state index is 0.516. The molecular formula is C6H11NOS. The van der Waals surface area contributed by atoms with E-state index < -0.39 is 0 Å². The van der Waals surface area contributed by atoms with E-state index in [2.05, 4.69) is 17.1 Å². The van der Waals surface area contributed by atoms with Gasteiger partial charge in [-0.2, -0.15) is 0 Å². The van der Waals surface area contributed by atoms with Gasteiger partial charge in [-0.15, -0.1) is 0 Å². The highest BCUT2D eigenvalue weighted by Gasteiger charge is 2.43. The molecule has 0 bridgehead atoms. The van der Waals surface area contributed by atoms with Crippen molar-refractivity contribution in [2.75, 3.05) is 26.3 Å². The Morgan fingerprint density at radius 1 is 1.44 bits per heavy atom. The third-order valence-electron chi connectivity index (χ3n) is 2.23. The van der Waals surface area contributed by atoms with E-state index in [1.807, 2.05) is 0 Å². The van der Waals surface area contributed by atoms with E-state index in [9.17, 15) is 0 Å². The second-order valence-corrected chi connectivity index (χ2v) is 3.70. The zero-order valence-corrected chi connectivity index (χ0v) is 6.23. The molecule has 0 aromatic rings. The van der Waals surface area contributed by atoms with Crippen LogP contribution in [-0.2, 0) is 4.74 Å². The Bertz CT molecular complexity index is 124. The monoisotopic (exact) mass is 145 g/mol. The van der Waals surface area contributed by atoms with Gasteiger partial charge in [0.1, 0.15) is 0 Å². The van der Waals surface area contributed by atoms with Crippen molar-refractivity contribution in [3.8, 4) is 0 Å². The molecule has 0 unspecified atom stereocenters. The van der Waals surface area contributed by atoms with Gasteiger partial charge in [-0.05, 0) is 6.42 Å². The van der Waals surface area contributed by atoms with Crippen LogP contribution >= 0.6 is 12.8 Å². The van der Waals surface area contributed by atoms with Gasteiger partial charge < -0.3 is 4.74 Å².